The first-order valence-corrected chi connectivity index (χ1v) is 7.84. The van der Waals surface area contributed by atoms with Crippen molar-refractivity contribution in [1.29, 1.82) is 0 Å². The predicted molar refractivity (Wildman–Crippen MR) is 90.0 cm³/mol. The molecular formula is C18H20N4O. The van der Waals surface area contributed by atoms with Gasteiger partial charge in [0.1, 0.15) is 5.82 Å². The summed E-state index contributed by atoms with van der Waals surface area (Å²) in [6, 6.07) is 11.2. The van der Waals surface area contributed by atoms with E-state index >= 15 is 0 Å². The lowest BCUT2D eigenvalue weighted by Crippen LogP contribution is -2.33. The molecule has 0 bridgehead atoms. The average molecular weight is 308 g/mol. The molecule has 5 nitrogen and oxygen atoms in total. The van der Waals surface area contributed by atoms with E-state index < -0.39 is 0 Å². The van der Waals surface area contributed by atoms with Gasteiger partial charge < -0.3 is 10.3 Å². The summed E-state index contributed by atoms with van der Waals surface area (Å²) in [6.07, 6.45) is 4.17. The van der Waals surface area contributed by atoms with Crippen molar-refractivity contribution < 1.29 is 4.79 Å². The molecule has 2 N–H and O–H groups in total. The van der Waals surface area contributed by atoms with Gasteiger partial charge in [-0.25, -0.2) is 4.98 Å². The van der Waals surface area contributed by atoms with Crippen molar-refractivity contribution in [2.75, 3.05) is 0 Å². The zero-order valence-corrected chi connectivity index (χ0v) is 13.3. The lowest BCUT2D eigenvalue weighted by Gasteiger charge is -2.22. The highest BCUT2D eigenvalue weighted by Gasteiger charge is 2.24. The number of benzene rings is 1. The summed E-state index contributed by atoms with van der Waals surface area (Å²) in [5.74, 6) is 0.915. The number of imidazole rings is 1. The largest absolute Gasteiger partial charge is 0.342 e. The van der Waals surface area contributed by atoms with Gasteiger partial charge in [0.15, 0.2) is 0 Å². The monoisotopic (exact) mass is 308 g/mol. The van der Waals surface area contributed by atoms with Gasteiger partial charge in [0.2, 0.25) is 0 Å². The number of pyridine rings is 1. The van der Waals surface area contributed by atoms with Crippen LogP contribution in [0.4, 0.5) is 0 Å². The van der Waals surface area contributed by atoms with Gasteiger partial charge in [-0.1, -0.05) is 32.4 Å². The van der Waals surface area contributed by atoms with Gasteiger partial charge in [0.25, 0.3) is 5.91 Å². The third kappa shape index (κ3) is 3.23. The number of para-hydroxylation sites is 2. The number of hydrogen-bond acceptors (Lipinski definition) is 3. The summed E-state index contributed by atoms with van der Waals surface area (Å²) in [5, 5.41) is 3.09. The Kier molecular flexibility index (Phi) is 4.37. The van der Waals surface area contributed by atoms with Gasteiger partial charge in [-0.2, -0.15) is 0 Å². The molecule has 23 heavy (non-hydrogen) atoms. The number of nitrogens with one attached hydrogen (secondary N) is 2. The SMILES string of the molecule is CC[C@H](C)[C@@H](NC(=O)c1cccnc1)c1nc2ccccc2[nH]1. The third-order valence-corrected chi connectivity index (χ3v) is 4.13. The summed E-state index contributed by atoms with van der Waals surface area (Å²) in [6.45, 7) is 4.22. The van der Waals surface area contributed by atoms with Crippen molar-refractivity contribution in [2.45, 2.75) is 26.3 Å². The van der Waals surface area contributed by atoms with Gasteiger partial charge in [0.05, 0.1) is 22.6 Å². The topological polar surface area (TPSA) is 70.7 Å². The van der Waals surface area contributed by atoms with Gasteiger partial charge in [-0.05, 0) is 30.2 Å². The van der Waals surface area contributed by atoms with Crippen LogP contribution in [0.3, 0.4) is 0 Å². The number of aromatic nitrogens is 3. The van der Waals surface area contributed by atoms with E-state index in [-0.39, 0.29) is 17.9 Å². The van der Waals surface area contributed by atoms with E-state index in [1.165, 1.54) is 0 Å². The molecule has 3 aromatic rings. The van der Waals surface area contributed by atoms with Crippen LogP contribution in [0.25, 0.3) is 11.0 Å². The highest BCUT2D eigenvalue weighted by molar-refractivity contribution is 5.94. The third-order valence-electron chi connectivity index (χ3n) is 4.13. The minimum atomic E-state index is -0.167. The van der Waals surface area contributed by atoms with Crippen LogP contribution < -0.4 is 5.32 Å². The Morgan fingerprint density at radius 3 is 2.78 bits per heavy atom. The molecule has 2 heterocycles. The summed E-state index contributed by atoms with van der Waals surface area (Å²) in [7, 11) is 0. The van der Waals surface area contributed by atoms with E-state index in [0.29, 0.717) is 5.56 Å². The zero-order chi connectivity index (χ0) is 16.2. The average Bonchev–Trinajstić information content (AvgIpc) is 3.03. The maximum Gasteiger partial charge on any atom is 0.253 e. The van der Waals surface area contributed by atoms with Gasteiger partial charge >= 0.3 is 0 Å². The summed E-state index contributed by atoms with van der Waals surface area (Å²) < 4.78 is 0. The van der Waals surface area contributed by atoms with E-state index in [1.807, 2.05) is 24.3 Å². The second-order valence-corrected chi connectivity index (χ2v) is 5.72. The molecule has 0 aliphatic carbocycles. The van der Waals surface area contributed by atoms with E-state index in [0.717, 1.165) is 23.3 Å². The molecule has 1 aromatic carbocycles. The van der Waals surface area contributed by atoms with Crippen molar-refractivity contribution in [2.24, 2.45) is 5.92 Å². The second kappa shape index (κ2) is 6.60. The number of amides is 1. The summed E-state index contributed by atoms with van der Waals surface area (Å²) in [4.78, 5) is 24.4. The summed E-state index contributed by atoms with van der Waals surface area (Å²) in [5.41, 5.74) is 2.44. The molecule has 1 amide bonds. The Labute approximate surface area is 135 Å². The molecular weight excluding hydrogens is 288 g/mol. The van der Waals surface area contributed by atoms with Crippen LogP contribution in [0.2, 0.25) is 0 Å². The van der Waals surface area contributed by atoms with Crippen LogP contribution in [0.1, 0.15) is 42.5 Å². The number of aromatic amines is 1. The van der Waals surface area contributed by atoms with Crippen molar-refractivity contribution in [1.82, 2.24) is 20.3 Å². The molecule has 2 aromatic heterocycles. The van der Waals surface area contributed by atoms with Crippen molar-refractivity contribution in [3.05, 3.63) is 60.2 Å². The molecule has 0 radical (unpaired) electrons. The van der Waals surface area contributed by atoms with Crippen LogP contribution >= 0.6 is 0 Å². The molecule has 3 rings (SSSR count). The number of carbonyl (C=O) groups excluding carboxylic acids is 1. The lowest BCUT2D eigenvalue weighted by atomic mass is 9.98. The highest BCUT2D eigenvalue weighted by atomic mass is 16.1. The lowest BCUT2D eigenvalue weighted by molar-refractivity contribution is 0.0920. The fourth-order valence-electron chi connectivity index (χ4n) is 2.56. The second-order valence-electron chi connectivity index (χ2n) is 5.72. The quantitative estimate of drug-likeness (QED) is 0.758. The molecule has 2 atom stereocenters. The first-order chi connectivity index (χ1) is 11.2. The van der Waals surface area contributed by atoms with Gasteiger partial charge in [-0.3, -0.25) is 9.78 Å². The van der Waals surface area contributed by atoms with E-state index in [1.54, 1.807) is 24.5 Å². The Morgan fingerprint density at radius 2 is 2.09 bits per heavy atom. The fourth-order valence-corrected chi connectivity index (χ4v) is 2.56. The van der Waals surface area contributed by atoms with Gasteiger partial charge in [0, 0.05) is 12.4 Å². The van der Waals surface area contributed by atoms with Crippen molar-refractivity contribution in [3.63, 3.8) is 0 Å². The van der Waals surface area contributed by atoms with Crippen LogP contribution in [-0.4, -0.2) is 20.9 Å². The predicted octanol–water partition coefficient (Wildman–Crippen LogP) is 3.48. The Hall–Kier alpha value is -2.69. The minimum Gasteiger partial charge on any atom is -0.342 e. The number of H-pyrrole nitrogens is 1. The van der Waals surface area contributed by atoms with Crippen LogP contribution in [0.5, 0.6) is 0 Å². The standard InChI is InChI=1S/C18H20N4O/c1-3-12(2)16(22-18(23)13-7-6-10-19-11-13)17-20-14-8-4-5-9-15(14)21-17/h4-12,16H,3H2,1-2H3,(H,20,21)(H,22,23)/t12-,16+/m0/s1. The van der Waals surface area contributed by atoms with E-state index in [4.69, 9.17) is 0 Å². The normalized spacial score (nSPS) is 13.7. The van der Waals surface area contributed by atoms with Crippen LogP contribution in [0.15, 0.2) is 48.8 Å². The zero-order valence-electron chi connectivity index (χ0n) is 13.3. The van der Waals surface area contributed by atoms with Gasteiger partial charge in [-0.15, -0.1) is 0 Å². The number of rotatable bonds is 5. The maximum absolute atomic E-state index is 12.5. The Balaban J connectivity index is 1.90. The number of fused-ring (bicyclic) bond motifs is 1. The van der Waals surface area contributed by atoms with Crippen LogP contribution in [-0.2, 0) is 0 Å². The number of carbonyl (C=O) groups is 1. The molecule has 0 spiro atoms. The fraction of sp³-hybridized carbons (Fsp3) is 0.278. The molecule has 0 saturated heterocycles. The van der Waals surface area contributed by atoms with E-state index in [9.17, 15) is 4.79 Å². The van der Waals surface area contributed by atoms with Crippen LogP contribution in [0, 0.1) is 5.92 Å². The molecule has 0 unspecified atom stereocenters. The van der Waals surface area contributed by atoms with Crippen molar-refractivity contribution in [3.8, 4) is 0 Å². The molecule has 0 aliphatic heterocycles. The first-order valence-electron chi connectivity index (χ1n) is 7.84. The molecule has 0 saturated carbocycles. The molecule has 5 heteroatoms. The molecule has 118 valence electrons. The molecule has 0 aliphatic rings. The van der Waals surface area contributed by atoms with E-state index in [2.05, 4.69) is 34.1 Å². The Morgan fingerprint density at radius 1 is 1.26 bits per heavy atom. The summed E-state index contributed by atoms with van der Waals surface area (Å²) >= 11 is 0. The number of hydrogen-bond donors (Lipinski definition) is 2. The first kappa shape index (κ1) is 15.2. The van der Waals surface area contributed by atoms with Crippen molar-refractivity contribution >= 4 is 16.9 Å². The number of nitrogens with zero attached hydrogens (tertiary/aromatic N) is 2. The highest BCUT2D eigenvalue weighted by Crippen LogP contribution is 2.25. The molecule has 0 fully saturated rings. The minimum absolute atomic E-state index is 0.135. The smallest absolute Gasteiger partial charge is 0.253 e. The Bertz CT molecular complexity index is 764. The maximum atomic E-state index is 12.5.